The molecular weight excluding hydrogens is 228 g/mol. The lowest BCUT2D eigenvalue weighted by atomic mass is 10.2. The van der Waals surface area contributed by atoms with Crippen molar-refractivity contribution in [1.29, 1.82) is 0 Å². The van der Waals surface area contributed by atoms with E-state index >= 15 is 0 Å². The molecule has 1 aromatic carbocycles. The molecule has 0 aliphatic rings. The molecule has 1 heterocycles. The van der Waals surface area contributed by atoms with Gasteiger partial charge < -0.3 is 10.6 Å². The van der Waals surface area contributed by atoms with Gasteiger partial charge in [-0.2, -0.15) is 5.10 Å². The number of nitrogens with zero attached hydrogens (tertiary/aromatic N) is 3. The van der Waals surface area contributed by atoms with Crippen LogP contribution in [0.5, 0.6) is 0 Å². The summed E-state index contributed by atoms with van der Waals surface area (Å²) in [6.07, 6.45) is 3.14. The van der Waals surface area contributed by atoms with E-state index in [9.17, 15) is 4.79 Å². The lowest BCUT2D eigenvalue weighted by Gasteiger charge is -2.10. The summed E-state index contributed by atoms with van der Waals surface area (Å²) in [7, 11) is 3.54. The van der Waals surface area contributed by atoms with E-state index in [1.54, 1.807) is 19.0 Å². The maximum absolute atomic E-state index is 11.5. The zero-order valence-electron chi connectivity index (χ0n) is 10.8. The zero-order chi connectivity index (χ0) is 13.1. The van der Waals surface area contributed by atoms with Gasteiger partial charge in [-0.1, -0.05) is 0 Å². The second-order valence-electron chi connectivity index (χ2n) is 4.58. The highest BCUT2D eigenvalue weighted by Gasteiger charge is 2.06. The maximum atomic E-state index is 11.5. The van der Waals surface area contributed by atoms with Crippen molar-refractivity contribution in [3.05, 3.63) is 24.4 Å². The first-order chi connectivity index (χ1) is 8.58. The van der Waals surface area contributed by atoms with Crippen molar-refractivity contribution < 1.29 is 4.79 Å². The molecule has 0 aliphatic carbocycles. The standard InChI is InChI=1S/C13H18N4O/c1-16(2)13(18)4-3-7-17-12-8-11(14)6-5-10(12)9-15-17/h5-6,8-9H,3-4,7,14H2,1-2H3. The van der Waals surface area contributed by atoms with Gasteiger partial charge in [0.15, 0.2) is 0 Å². The number of carbonyl (C=O) groups excluding carboxylic acids is 1. The van der Waals surface area contributed by atoms with Gasteiger partial charge in [0.2, 0.25) is 5.91 Å². The van der Waals surface area contributed by atoms with Crippen LogP contribution in [0.15, 0.2) is 24.4 Å². The monoisotopic (exact) mass is 246 g/mol. The summed E-state index contributed by atoms with van der Waals surface area (Å²) in [6.45, 7) is 0.729. The fraction of sp³-hybridized carbons (Fsp3) is 0.385. The van der Waals surface area contributed by atoms with Crippen molar-refractivity contribution in [2.75, 3.05) is 19.8 Å². The topological polar surface area (TPSA) is 64.2 Å². The number of amides is 1. The number of anilines is 1. The molecule has 2 rings (SSSR count). The van der Waals surface area contributed by atoms with Gasteiger partial charge in [0, 0.05) is 38.1 Å². The number of carbonyl (C=O) groups is 1. The van der Waals surface area contributed by atoms with Crippen LogP contribution in [0.2, 0.25) is 0 Å². The molecule has 1 amide bonds. The van der Waals surface area contributed by atoms with Crippen LogP contribution in [0.3, 0.4) is 0 Å². The Morgan fingerprint density at radius 3 is 2.94 bits per heavy atom. The fourth-order valence-electron chi connectivity index (χ4n) is 1.87. The van der Waals surface area contributed by atoms with Crippen LogP contribution in [0.25, 0.3) is 10.9 Å². The Morgan fingerprint density at radius 1 is 1.44 bits per heavy atom. The van der Waals surface area contributed by atoms with Crippen molar-refractivity contribution in [2.45, 2.75) is 19.4 Å². The van der Waals surface area contributed by atoms with Gasteiger partial charge in [0.1, 0.15) is 0 Å². The summed E-state index contributed by atoms with van der Waals surface area (Å²) in [5.41, 5.74) is 7.52. The third-order valence-electron chi connectivity index (χ3n) is 2.93. The van der Waals surface area contributed by atoms with Crippen molar-refractivity contribution in [1.82, 2.24) is 14.7 Å². The average molecular weight is 246 g/mol. The summed E-state index contributed by atoms with van der Waals surface area (Å²) < 4.78 is 1.90. The van der Waals surface area contributed by atoms with Crippen LogP contribution in [0.4, 0.5) is 5.69 Å². The van der Waals surface area contributed by atoms with Gasteiger partial charge in [-0.05, 0) is 24.6 Å². The largest absolute Gasteiger partial charge is 0.399 e. The maximum Gasteiger partial charge on any atom is 0.222 e. The van der Waals surface area contributed by atoms with E-state index in [2.05, 4.69) is 5.10 Å². The Hall–Kier alpha value is -2.04. The van der Waals surface area contributed by atoms with E-state index in [1.165, 1.54) is 0 Å². The molecule has 1 aromatic heterocycles. The molecule has 0 spiro atoms. The molecule has 0 atom stereocenters. The molecule has 0 fully saturated rings. The van der Waals surface area contributed by atoms with Crippen LogP contribution >= 0.6 is 0 Å². The molecule has 96 valence electrons. The SMILES string of the molecule is CN(C)C(=O)CCCn1ncc2ccc(N)cc21. The molecule has 0 radical (unpaired) electrons. The minimum absolute atomic E-state index is 0.144. The van der Waals surface area contributed by atoms with Gasteiger partial charge in [-0.25, -0.2) is 0 Å². The lowest BCUT2D eigenvalue weighted by molar-refractivity contribution is -0.128. The third-order valence-corrected chi connectivity index (χ3v) is 2.93. The van der Waals surface area contributed by atoms with Crippen LogP contribution in [-0.2, 0) is 11.3 Å². The van der Waals surface area contributed by atoms with Crippen LogP contribution < -0.4 is 5.73 Å². The second kappa shape index (κ2) is 5.08. The van der Waals surface area contributed by atoms with Crippen molar-refractivity contribution in [3.8, 4) is 0 Å². The highest BCUT2D eigenvalue weighted by Crippen LogP contribution is 2.17. The van der Waals surface area contributed by atoms with E-state index in [-0.39, 0.29) is 5.91 Å². The van der Waals surface area contributed by atoms with Gasteiger partial charge in [-0.15, -0.1) is 0 Å². The zero-order valence-corrected chi connectivity index (χ0v) is 10.8. The van der Waals surface area contributed by atoms with Gasteiger partial charge in [0.05, 0.1) is 11.7 Å². The van der Waals surface area contributed by atoms with Crippen molar-refractivity contribution in [2.24, 2.45) is 0 Å². The molecule has 5 heteroatoms. The Bertz CT molecular complexity index is 559. The van der Waals surface area contributed by atoms with E-state index in [0.717, 1.165) is 29.6 Å². The number of nitrogens with two attached hydrogens (primary N) is 1. The first kappa shape index (κ1) is 12.4. The first-order valence-electron chi connectivity index (χ1n) is 5.99. The summed E-state index contributed by atoms with van der Waals surface area (Å²) in [4.78, 5) is 13.1. The third kappa shape index (κ3) is 2.61. The van der Waals surface area contributed by atoms with Gasteiger partial charge in [-0.3, -0.25) is 9.48 Å². The number of fused-ring (bicyclic) bond motifs is 1. The van der Waals surface area contributed by atoms with E-state index in [1.807, 2.05) is 29.1 Å². The molecule has 0 aliphatic heterocycles. The summed E-state index contributed by atoms with van der Waals surface area (Å²) in [5, 5.41) is 5.39. The molecule has 18 heavy (non-hydrogen) atoms. The predicted molar refractivity (Wildman–Crippen MR) is 72.1 cm³/mol. The Kier molecular flexibility index (Phi) is 3.50. The number of aryl methyl sites for hydroxylation is 1. The average Bonchev–Trinajstić information content (AvgIpc) is 2.71. The van der Waals surface area contributed by atoms with Crippen LogP contribution in [-0.4, -0.2) is 34.7 Å². The van der Waals surface area contributed by atoms with E-state index < -0.39 is 0 Å². The normalized spacial score (nSPS) is 10.8. The first-order valence-corrected chi connectivity index (χ1v) is 5.99. The highest BCUT2D eigenvalue weighted by molar-refractivity contribution is 5.81. The number of aromatic nitrogens is 2. The molecule has 0 bridgehead atoms. The van der Waals surface area contributed by atoms with E-state index in [0.29, 0.717) is 6.42 Å². The molecule has 2 N–H and O–H groups in total. The fourth-order valence-corrected chi connectivity index (χ4v) is 1.87. The van der Waals surface area contributed by atoms with Gasteiger partial charge in [0.25, 0.3) is 0 Å². The molecule has 0 saturated heterocycles. The quantitative estimate of drug-likeness (QED) is 0.831. The van der Waals surface area contributed by atoms with Crippen molar-refractivity contribution >= 4 is 22.5 Å². The summed E-state index contributed by atoms with van der Waals surface area (Å²) in [6, 6.07) is 5.74. The summed E-state index contributed by atoms with van der Waals surface area (Å²) in [5.74, 6) is 0.144. The highest BCUT2D eigenvalue weighted by atomic mass is 16.2. The van der Waals surface area contributed by atoms with Crippen LogP contribution in [0, 0.1) is 0 Å². The summed E-state index contributed by atoms with van der Waals surface area (Å²) >= 11 is 0. The van der Waals surface area contributed by atoms with Gasteiger partial charge >= 0.3 is 0 Å². The minimum atomic E-state index is 0.144. The molecule has 0 saturated carbocycles. The molecule has 5 nitrogen and oxygen atoms in total. The molecule has 0 unspecified atom stereocenters. The Labute approximate surface area is 106 Å². The number of hydrogen-bond donors (Lipinski definition) is 1. The van der Waals surface area contributed by atoms with Crippen molar-refractivity contribution in [3.63, 3.8) is 0 Å². The number of nitrogen functional groups attached to an aromatic ring is 1. The number of benzene rings is 1. The number of rotatable bonds is 4. The van der Waals surface area contributed by atoms with Crippen LogP contribution in [0.1, 0.15) is 12.8 Å². The molecule has 2 aromatic rings. The smallest absolute Gasteiger partial charge is 0.222 e. The van der Waals surface area contributed by atoms with E-state index in [4.69, 9.17) is 5.73 Å². The molecular formula is C13H18N4O. The Morgan fingerprint density at radius 2 is 2.22 bits per heavy atom. The minimum Gasteiger partial charge on any atom is -0.399 e. The second-order valence-corrected chi connectivity index (χ2v) is 4.58. The lowest BCUT2D eigenvalue weighted by Crippen LogP contribution is -2.21. The predicted octanol–water partition coefficient (Wildman–Crippen LogP) is 1.49. The Balaban J connectivity index is 2.04. The number of hydrogen-bond acceptors (Lipinski definition) is 3.